The lowest BCUT2D eigenvalue weighted by Crippen LogP contribution is -2.31. The molecule has 2 aromatic heterocycles. The smallest absolute Gasteiger partial charge is 0.124 e. The van der Waals surface area contributed by atoms with Crippen LogP contribution in [0.5, 0.6) is 0 Å². The summed E-state index contributed by atoms with van der Waals surface area (Å²) >= 11 is 0. The molecule has 67 heavy (non-hydrogen) atoms. The fourth-order valence-electron chi connectivity index (χ4n) is 10.8. The summed E-state index contributed by atoms with van der Waals surface area (Å²) in [7, 11) is 0. The predicted molar refractivity (Wildman–Crippen MR) is 291 cm³/mol. The third-order valence-corrected chi connectivity index (χ3v) is 13.6. The van der Waals surface area contributed by atoms with Gasteiger partial charge in [0.05, 0.1) is 5.52 Å². The molecule has 3 aliphatic carbocycles. The SMILES string of the molecule is C1=Cc2c(c3c(n2-c2ccccc2)=CCCC=3)CC1.CC.CC.CC1C=Cc2c(c3ccccc3n2C2C=C(c3ccccc3)C=C(c3ccc4c5ccccc5c5ccccc5c4c3)N2)C1. The molecule has 2 atom stereocenters. The zero-order chi connectivity index (χ0) is 45.9. The molecule has 332 valence electrons. The third-order valence-electron chi connectivity index (χ3n) is 13.6. The first-order chi connectivity index (χ1) is 33.2. The van der Waals surface area contributed by atoms with Crippen LogP contribution < -0.4 is 15.9 Å². The van der Waals surface area contributed by atoms with Crippen LogP contribution in [0, 0.1) is 5.92 Å². The van der Waals surface area contributed by atoms with E-state index in [4.69, 9.17) is 0 Å². The molecule has 13 rings (SSSR count). The summed E-state index contributed by atoms with van der Waals surface area (Å²) in [6.45, 7) is 10.3. The molecular formula is C64H61N3. The molecule has 1 aliphatic heterocycles. The molecular weight excluding hydrogens is 811 g/mol. The number of nitrogens with one attached hydrogen (secondary N) is 1. The second-order valence-electron chi connectivity index (χ2n) is 17.5. The Kier molecular flexibility index (Phi) is 12.5. The lowest BCUT2D eigenvalue weighted by Gasteiger charge is -2.29. The van der Waals surface area contributed by atoms with Crippen molar-refractivity contribution < 1.29 is 0 Å². The highest BCUT2D eigenvalue weighted by molar-refractivity contribution is 6.25. The summed E-state index contributed by atoms with van der Waals surface area (Å²) < 4.78 is 4.93. The first kappa shape index (κ1) is 43.5. The number of hydrogen-bond acceptors (Lipinski definition) is 1. The second-order valence-corrected chi connectivity index (χ2v) is 17.5. The van der Waals surface area contributed by atoms with E-state index in [1.54, 1.807) is 0 Å². The molecule has 0 saturated heterocycles. The van der Waals surface area contributed by atoms with E-state index in [2.05, 4.69) is 222 Å². The van der Waals surface area contributed by atoms with E-state index in [9.17, 15) is 0 Å². The van der Waals surface area contributed by atoms with E-state index in [1.807, 2.05) is 27.7 Å². The zero-order valence-electron chi connectivity index (χ0n) is 39.6. The Hall–Kier alpha value is -7.36. The molecule has 0 radical (unpaired) electrons. The lowest BCUT2D eigenvalue weighted by atomic mass is 9.92. The van der Waals surface area contributed by atoms with E-state index in [0.717, 1.165) is 18.5 Å². The Morgan fingerprint density at radius 3 is 1.87 bits per heavy atom. The third kappa shape index (κ3) is 7.97. The Morgan fingerprint density at radius 1 is 0.537 bits per heavy atom. The Balaban J connectivity index is 0.000000190. The van der Waals surface area contributed by atoms with Crippen molar-refractivity contribution in [2.45, 2.75) is 72.9 Å². The highest BCUT2D eigenvalue weighted by atomic mass is 15.2. The van der Waals surface area contributed by atoms with E-state index >= 15 is 0 Å². The minimum absolute atomic E-state index is 0.0408. The molecule has 0 amide bonds. The Labute approximate surface area is 396 Å². The van der Waals surface area contributed by atoms with Gasteiger partial charge in [0, 0.05) is 33.5 Å². The summed E-state index contributed by atoms with van der Waals surface area (Å²) in [5.41, 5.74) is 13.0. The van der Waals surface area contributed by atoms with Gasteiger partial charge < -0.3 is 14.5 Å². The maximum Gasteiger partial charge on any atom is 0.124 e. The molecule has 3 heteroatoms. The topological polar surface area (TPSA) is 21.9 Å². The van der Waals surface area contributed by atoms with Gasteiger partial charge in [-0.2, -0.15) is 0 Å². The number of aromatic nitrogens is 2. The van der Waals surface area contributed by atoms with Gasteiger partial charge in [-0.25, -0.2) is 0 Å². The average Bonchev–Trinajstić information content (AvgIpc) is 3.93. The van der Waals surface area contributed by atoms with E-state index in [0.29, 0.717) is 5.92 Å². The van der Waals surface area contributed by atoms with Crippen LogP contribution in [0.15, 0.2) is 176 Å². The van der Waals surface area contributed by atoms with Crippen molar-refractivity contribution in [1.29, 1.82) is 0 Å². The summed E-state index contributed by atoms with van der Waals surface area (Å²) in [6.07, 6.45) is 24.5. The van der Waals surface area contributed by atoms with Gasteiger partial charge in [0.1, 0.15) is 6.17 Å². The molecule has 3 nitrogen and oxygen atoms in total. The predicted octanol–water partition coefficient (Wildman–Crippen LogP) is 15.4. The quantitative estimate of drug-likeness (QED) is 0.175. The maximum absolute atomic E-state index is 3.99. The van der Waals surface area contributed by atoms with Gasteiger partial charge in [-0.3, -0.25) is 0 Å². The second kappa shape index (κ2) is 19.2. The van der Waals surface area contributed by atoms with Gasteiger partial charge in [-0.05, 0) is 152 Å². The standard InChI is InChI=1S/C42H32N2.C18H17N.2C2H6/c1-27-19-22-41-38(23-27)36-17-9-10-18-40(36)44(41)42-26-30(28-11-3-2-4-12-28)25-39(43-42)29-20-21-35-33-15-6-5-13-31(33)32-14-7-8-16-34(32)37(35)24-29;1-2-8-14(9-3-1)19-17-12-6-4-10-15(17)16-11-5-7-13-18(16)19;2*1-2/h2-22,24-27,42-43H,23H2,1H3;1-3,6,8-9,11-13H,4-5,7,10H2;2*1-2H3. The summed E-state index contributed by atoms with van der Waals surface area (Å²) in [5.74, 6) is 0.537. The monoisotopic (exact) mass is 871 g/mol. The van der Waals surface area contributed by atoms with Crippen molar-refractivity contribution in [3.8, 4) is 5.69 Å². The van der Waals surface area contributed by atoms with Crippen LogP contribution in [0.25, 0.3) is 84.5 Å². The number of dihydropyridines is 1. The molecule has 2 unspecified atom stereocenters. The molecule has 3 heterocycles. The molecule has 4 aliphatic rings. The number of benzene rings is 7. The molecule has 1 N–H and O–H groups in total. The van der Waals surface area contributed by atoms with Gasteiger partial charge >= 0.3 is 0 Å². The van der Waals surface area contributed by atoms with Gasteiger partial charge in [0.25, 0.3) is 0 Å². The zero-order valence-corrected chi connectivity index (χ0v) is 39.6. The Bertz CT molecular complexity index is 3480. The molecule has 0 bridgehead atoms. The van der Waals surface area contributed by atoms with Crippen LogP contribution in [0.2, 0.25) is 0 Å². The van der Waals surface area contributed by atoms with Crippen molar-refractivity contribution in [2.75, 3.05) is 0 Å². The first-order valence-corrected chi connectivity index (χ1v) is 24.7. The van der Waals surface area contributed by atoms with Crippen LogP contribution in [0.3, 0.4) is 0 Å². The van der Waals surface area contributed by atoms with E-state index in [1.165, 1.54) is 118 Å². The van der Waals surface area contributed by atoms with Crippen LogP contribution in [0.4, 0.5) is 0 Å². The van der Waals surface area contributed by atoms with Crippen molar-refractivity contribution in [3.63, 3.8) is 0 Å². The summed E-state index contributed by atoms with van der Waals surface area (Å²) in [5, 5.41) is 16.0. The normalized spacial score (nSPS) is 16.6. The molecule has 0 spiro atoms. The fourth-order valence-corrected chi connectivity index (χ4v) is 10.8. The molecule has 9 aromatic rings. The van der Waals surface area contributed by atoms with E-state index in [-0.39, 0.29) is 6.17 Å². The van der Waals surface area contributed by atoms with Crippen LogP contribution >= 0.6 is 0 Å². The van der Waals surface area contributed by atoms with Gasteiger partial charge in [-0.1, -0.05) is 186 Å². The average molecular weight is 872 g/mol. The number of allylic oxidation sites excluding steroid dienone is 4. The van der Waals surface area contributed by atoms with E-state index < -0.39 is 0 Å². The van der Waals surface area contributed by atoms with Crippen molar-refractivity contribution >= 4 is 78.8 Å². The van der Waals surface area contributed by atoms with Crippen LogP contribution in [-0.4, -0.2) is 9.13 Å². The van der Waals surface area contributed by atoms with Crippen molar-refractivity contribution in [3.05, 3.63) is 220 Å². The van der Waals surface area contributed by atoms with Crippen molar-refractivity contribution in [1.82, 2.24) is 14.5 Å². The minimum Gasteiger partial charge on any atom is -0.361 e. The largest absolute Gasteiger partial charge is 0.361 e. The van der Waals surface area contributed by atoms with Gasteiger partial charge in [0.15, 0.2) is 0 Å². The van der Waals surface area contributed by atoms with Gasteiger partial charge in [0.2, 0.25) is 0 Å². The number of nitrogens with zero attached hydrogens (tertiary/aromatic N) is 2. The van der Waals surface area contributed by atoms with Crippen molar-refractivity contribution in [2.24, 2.45) is 5.92 Å². The number of rotatable bonds is 4. The number of fused-ring (bicyclic) bond motifs is 12. The molecule has 7 aromatic carbocycles. The highest BCUT2D eigenvalue weighted by Crippen LogP contribution is 2.40. The van der Waals surface area contributed by atoms with Crippen LogP contribution in [-0.2, 0) is 12.8 Å². The summed E-state index contributed by atoms with van der Waals surface area (Å²) in [6, 6.07) is 55.0. The molecule has 0 fully saturated rings. The number of hydrogen-bond donors (Lipinski definition) is 1. The minimum atomic E-state index is -0.0408. The fraction of sp³-hybridized carbons (Fsp3) is 0.188. The highest BCUT2D eigenvalue weighted by Gasteiger charge is 2.26. The Morgan fingerprint density at radius 2 is 1.15 bits per heavy atom. The van der Waals surface area contributed by atoms with Crippen LogP contribution in [0.1, 0.15) is 93.7 Å². The number of para-hydroxylation sites is 2. The molecule has 0 saturated carbocycles. The maximum atomic E-state index is 3.99. The summed E-state index contributed by atoms with van der Waals surface area (Å²) in [4.78, 5) is 0. The lowest BCUT2D eigenvalue weighted by molar-refractivity contribution is 0.566. The first-order valence-electron chi connectivity index (χ1n) is 24.7. The van der Waals surface area contributed by atoms with Gasteiger partial charge in [-0.15, -0.1) is 0 Å².